The fourth-order valence-electron chi connectivity index (χ4n) is 3.67. The molecule has 0 atom stereocenters. The number of aryl methyl sites for hydroxylation is 1. The highest BCUT2D eigenvalue weighted by molar-refractivity contribution is 5.94. The van der Waals surface area contributed by atoms with Crippen molar-refractivity contribution in [3.8, 4) is 0 Å². The molecule has 4 rings (SSSR count). The number of carbonyl (C=O) groups is 1. The van der Waals surface area contributed by atoms with Gasteiger partial charge < -0.3 is 15.2 Å². The van der Waals surface area contributed by atoms with Gasteiger partial charge in [-0.25, -0.2) is 4.79 Å². The molecular weight excluding hydrogens is 324 g/mol. The highest BCUT2D eigenvalue weighted by Gasteiger charge is 2.26. The maximum Gasteiger partial charge on any atom is 0.336 e. The summed E-state index contributed by atoms with van der Waals surface area (Å²) in [6.45, 7) is 1.72. The molecule has 1 aliphatic rings. The Hall–Kier alpha value is -2.74. The number of aromatic amines is 1. The first-order valence-corrected chi connectivity index (χ1v) is 8.28. The molecule has 0 amide bonds. The van der Waals surface area contributed by atoms with Crippen molar-refractivity contribution in [1.82, 2.24) is 19.6 Å². The minimum Gasteiger partial charge on any atom is -0.478 e. The number of aromatic nitrogens is 4. The smallest absolute Gasteiger partial charge is 0.336 e. The van der Waals surface area contributed by atoms with E-state index < -0.39 is 11.5 Å². The minimum atomic E-state index is -1.04. The van der Waals surface area contributed by atoms with Crippen molar-refractivity contribution in [3.63, 3.8) is 0 Å². The van der Waals surface area contributed by atoms with Gasteiger partial charge in [0.25, 0.3) is 5.56 Å². The number of fused-ring (bicyclic) bond motifs is 3. The quantitative estimate of drug-likeness (QED) is 0.650. The maximum absolute atomic E-state index is 12.3. The van der Waals surface area contributed by atoms with Crippen molar-refractivity contribution in [2.75, 3.05) is 0 Å². The second-order valence-electron chi connectivity index (χ2n) is 6.67. The van der Waals surface area contributed by atoms with Gasteiger partial charge in [0, 0.05) is 5.92 Å². The molecule has 0 aliphatic heterocycles. The van der Waals surface area contributed by atoms with Crippen LogP contribution in [0.4, 0.5) is 0 Å². The Balaban J connectivity index is 1.98. The van der Waals surface area contributed by atoms with Crippen LogP contribution in [0.25, 0.3) is 16.7 Å². The number of carboxylic acids is 1. The van der Waals surface area contributed by atoms with Gasteiger partial charge in [-0.2, -0.15) is 0 Å². The van der Waals surface area contributed by atoms with E-state index in [0.29, 0.717) is 35.3 Å². The number of benzene rings is 1. The molecule has 1 fully saturated rings. The van der Waals surface area contributed by atoms with Gasteiger partial charge in [0.2, 0.25) is 5.65 Å². The topological polar surface area (TPSA) is 121 Å². The van der Waals surface area contributed by atoms with E-state index in [2.05, 4.69) is 15.2 Å². The van der Waals surface area contributed by atoms with Crippen molar-refractivity contribution in [2.24, 2.45) is 0 Å². The van der Waals surface area contributed by atoms with Crippen molar-refractivity contribution in [1.29, 1.82) is 0 Å². The molecule has 1 aliphatic carbocycles. The lowest BCUT2D eigenvalue weighted by molar-refractivity contribution is 0.0696. The summed E-state index contributed by atoms with van der Waals surface area (Å²) in [5, 5.41) is 27.3. The van der Waals surface area contributed by atoms with Gasteiger partial charge in [0.1, 0.15) is 5.82 Å². The molecule has 3 aromatic rings. The number of hydrogen-bond acceptors (Lipinski definition) is 5. The predicted molar refractivity (Wildman–Crippen MR) is 90.0 cm³/mol. The van der Waals surface area contributed by atoms with Crippen molar-refractivity contribution in [3.05, 3.63) is 39.4 Å². The van der Waals surface area contributed by atoms with E-state index in [1.165, 1.54) is 6.07 Å². The molecule has 0 spiro atoms. The summed E-state index contributed by atoms with van der Waals surface area (Å²) >= 11 is 0. The molecule has 25 heavy (non-hydrogen) atoms. The zero-order chi connectivity index (χ0) is 17.7. The van der Waals surface area contributed by atoms with Crippen LogP contribution < -0.4 is 5.56 Å². The van der Waals surface area contributed by atoms with Crippen LogP contribution in [0, 0.1) is 6.92 Å². The van der Waals surface area contributed by atoms with Crippen LogP contribution in [0.3, 0.4) is 0 Å². The van der Waals surface area contributed by atoms with Gasteiger partial charge in [-0.15, -0.1) is 10.2 Å². The molecule has 0 bridgehead atoms. The highest BCUT2D eigenvalue weighted by Crippen LogP contribution is 2.33. The Kier molecular flexibility index (Phi) is 3.57. The van der Waals surface area contributed by atoms with E-state index in [4.69, 9.17) is 0 Å². The first-order chi connectivity index (χ1) is 12.0. The van der Waals surface area contributed by atoms with E-state index >= 15 is 0 Å². The second kappa shape index (κ2) is 5.66. The van der Waals surface area contributed by atoms with Gasteiger partial charge >= 0.3 is 5.97 Å². The van der Waals surface area contributed by atoms with E-state index in [1.807, 2.05) is 0 Å². The Morgan fingerprint density at radius 3 is 2.64 bits per heavy atom. The van der Waals surface area contributed by atoms with Crippen molar-refractivity contribution < 1.29 is 15.0 Å². The Labute approximate surface area is 142 Å². The first kappa shape index (κ1) is 15.8. The summed E-state index contributed by atoms with van der Waals surface area (Å²) in [6.07, 6.45) is 2.67. The number of aliphatic hydroxyl groups excluding tert-OH is 1. The van der Waals surface area contributed by atoms with Gasteiger partial charge in [-0.3, -0.25) is 9.20 Å². The zero-order valence-corrected chi connectivity index (χ0v) is 13.7. The first-order valence-electron chi connectivity index (χ1n) is 8.28. The average molecular weight is 342 g/mol. The third kappa shape index (κ3) is 2.49. The largest absolute Gasteiger partial charge is 0.478 e. The molecule has 0 saturated heterocycles. The molecule has 1 aromatic carbocycles. The van der Waals surface area contributed by atoms with Gasteiger partial charge in [0.15, 0.2) is 0 Å². The molecule has 8 nitrogen and oxygen atoms in total. The Morgan fingerprint density at radius 1 is 1.24 bits per heavy atom. The summed E-state index contributed by atoms with van der Waals surface area (Å²) in [5.74, 6) is -0.228. The normalized spacial score (nSPS) is 21.0. The molecule has 8 heteroatoms. The van der Waals surface area contributed by atoms with Crippen LogP contribution in [-0.4, -0.2) is 41.9 Å². The lowest BCUT2D eigenvalue weighted by Gasteiger charge is -2.24. The van der Waals surface area contributed by atoms with Crippen molar-refractivity contribution >= 4 is 22.6 Å². The minimum absolute atomic E-state index is 0.114. The van der Waals surface area contributed by atoms with E-state index in [1.54, 1.807) is 17.4 Å². The van der Waals surface area contributed by atoms with E-state index in [9.17, 15) is 19.8 Å². The molecule has 0 radical (unpaired) electrons. The number of rotatable bonds is 2. The number of aliphatic hydroxyl groups is 1. The summed E-state index contributed by atoms with van der Waals surface area (Å²) in [4.78, 5) is 26.4. The number of hydrogen-bond donors (Lipinski definition) is 3. The van der Waals surface area contributed by atoms with Crippen molar-refractivity contribution in [2.45, 2.75) is 44.6 Å². The highest BCUT2D eigenvalue weighted by atomic mass is 16.4. The average Bonchev–Trinajstić information content (AvgIpc) is 3.01. The van der Waals surface area contributed by atoms with Gasteiger partial charge in [-0.1, -0.05) is 0 Å². The van der Waals surface area contributed by atoms with Crippen LogP contribution in [0.5, 0.6) is 0 Å². The molecule has 1 saturated carbocycles. The molecule has 2 aromatic heterocycles. The molecule has 0 unspecified atom stereocenters. The Morgan fingerprint density at radius 2 is 1.96 bits per heavy atom. The van der Waals surface area contributed by atoms with Crippen LogP contribution in [0.1, 0.15) is 53.3 Å². The van der Waals surface area contributed by atoms with Crippen LogP contribution in [0.15, 0.2) is 16.9 Å². The summed E-state index contributed by atoms with van der Waals surface area (Å²) in [7, 11) is 0. The monoisotopic (exact) mass is 342 g/mol. The number of nitrogens with one attached hydrogen (secondary N) is 1. The lowest BCUT2D eigenvalue weighted by Crippen LogP contribution is -2.19. The molecule has 3 N–H and O–H groups in total. The zero-order valence-electron chi connectivity index (χ0n) is 13.7. The van der Waals surface area contributed by atoms with Crippen LogP contribution in [-0.2, 0) is 0 Å². The summed E-state index contributed by atoms with van der Waals surface area (Å²) in [6, 6.07) is 3.22. The van der Waals surface area contributed by atoms with E-state index in [0.717, 1.165) is 12.8 Å². The maximum atomic E-state index is 12.3. The third-order valence-electron chi connectivity index (χ3n) is 5.02. The molecule has 2 heterocycles. The second-order valence-corrected chi connectivity index (χ2v) is 6.67. The number of carboxylic acid groups (broad SMARTS) is 1. The summed E-state index contributed by atoms with van der Waals surface area (Å²) < 4.78 is 1.73. The predicted octanol–water partition coefficient (Wildman–Crippen LogP) is 1.60. The molecular formula is C17H18N4O4. The molecule has 130 valence electrons. The Bertz CT molecular complexity index is 1040. The number of H-pyrrole nitrogens is 1. The van der Waals surface area contributed by atoms with E-state index in [-0.39, 0.29) is 23.2 Å². The van der Waals surface area contributed by atoms with Gasteiger partial charge in [-0.05, 0) is 50.3 Å². The SMILES string of the molecule is Cc1cc2c(cc1C(=O)O)[nH]c(=O)c1nnc([C@H]3CC[C@H](O)CC3)n12. The van der Waals surface area contributed by atoms with Crippen LogP contribution >= 0.6 is 0 Å². The summed E-state index contributed by atoms with van der Waals surface area (Å²) in [5.41, 5.74) is 1.68. The van der Waals surface area contributed by atoms with Gasteiger partial charge in [0.05, 0.1) is 22.7 Å². The fourth-order valence-corrected chi connectivity index (χ4v) is 3.67. The fraction of sp³-hybridized carbons (Fsp3) is 0.412. The number of nitrogens with zero attached hydrogens (tertiary/aromatic N) is 3. The van der Waals surface area contributed by atoms with Crippen LogP contribution in [0.2, 0.25) is 0 Å². The number of aromatic carboxylic acids is 1. The lowest BCUT2D eigenvalue weighted by atomic mass is 9.87. The standard InChI is InChI=1S/C17H18N4O4/c1-8-6-13-12(7-11(8)17(24)25)18-16(23)15-20-19-14(21(13)15)9-2-4-10(22)5-3-9/h6-7,9-10,22H,2-5H2,1H3,(H,18,23)(H,24,25)/t9-,10-. The third-order valence-corrected chi connectivity index (χ3v) is 5.02.